The summed E-state index contributed by atoms with van der Waals surface area (Å²) in [6.07, 6.45) is 0. The summed E-state index contributed by atoms with van der Waals surface area (Å²) in [5.41, 5.74) is 1.58. The molecule has 2 amide bonds. The number of carbonyl (C=O) groups excluding carboxylic acids is 2. The van der Waals surface area contributed by atoms with Gasteiger partial charge in [0.1, 0.15) is 22.9 Å². The number of hydrogen-bond donors (Lipinski definition) is 0. The third-order valence-corrected chi connectivity index (χ3v) is 13.5. The van der Waals surface area contributed by atoms with Crippen LogP contribution in [-0.4, -0.2) is 95.6 Å². The van der Waals surface area contributed by atoms with Crippen molar-refractivity contribution in [2.75, 3.05) is 23.4 Å². The number of thioether (sulfide) groups is 2. The molecule has 12 nitrogen and oxygen atoms in total. The van der Waals surface area contributed by atoms with Crippen molar-refractivity contribution in [3.63, 3.8) is 0 Å². The van der Waals surface area contributed by atoms with E-state index in [1.807, 2.05) is 104 Å². The number of rotatable bonds is 0. The molecule has 4 rings (SSSR count). The molecule has 0 N–H and O–H groups in total. The van der Waals surface area contributed by atoms with Crippen LogP contribution in [0.1, 0.15) is 138 Å². The van der Waals surface area contributed by atoms with Crippen LogP contribution in [0.25, 0.3) is 0 Å². The number of aliphatic imine (C=N–C) groups is 2. The first-order valence-corrected chi connectivity index (χ1v) is 23.2. The molecule has 0 aromatic heterocycles. The predicted molar refractivity (Wildman–Crippen MR) is 229 cm³/mol. The molecule has 0 aromatic carbocycles. The Kier molecular flexibility index (Phi) is 15.7. The monoisotopic (exact) mass is 836 g/mol. The van der Waals surface area contributed by atoms with Crippen LogP contribution in [0, 0.1) is 21.7 Å². The highest BCUT2D eigenvalue weighted by Crippen LogP contribution is 2.40. The summed E-state index contributed by atoms with van der Waals surface area (Å²) in [6.45, 7) is 40.2. The summed E-state index contributed by atoms with van der Waals surface area (Å²) in [7, 11) is -6.66. The SMILES string of the molecule is CC(C)(C)C1=NC(=O)COC1(C)C.CC(C)(C)C1=NC(=O)CSC1(C)C.CC(C)(C)C1=NS(=O)(=O)COC1(C)C.CC(C)(C)C1=NS(=O)(=O)CSC1(C)C. The third kappa shape index (κ3) is 15.1. The van der Waals surface area contributed by atoms with Crippen molar-refractivity contribution in [1.82, 2.24) is 0 Å². The van der Waals surface area contributed by atoms with E-state index >= 15 is 0 Å². The summed E-state index contributed by atoms with van der Waals surface area (Å²) < 4.78 is 63.6. The highest BCUT2D eigenvalue weighted by molar-refractivity contribution is 8.14. The van der Waals surface area contributed by atoms with E-state index in [1.165, 1.54) is 11.8 Å². The van der Waals surface area contributed by atoms with Gasteiger partial charge in [0.05, 0.1) is 27.6 Å². The maximum atomic E-state index is 11.4. The zero-order valence-corrected chi connectivity index (χ0v) is 39.8. The fourth-order valence-electron chi connectivity index (χ4n) is 6.56. The highest BCUT2D eigenvalue weighted by Gasteiger charge is 2.42. The van der Waals surface area contributed by atoms with Crippen LogP contribution in [0.3, 0.4) is 0 Å². The Labute approximate surface area is 335 Å². The summed E-state index contributed by atoms with van der Waals surface area (Å²) >= 11 is 3.13. The topological polar surface area (TPSA) is 170 Å². The molecule has 4 aliphatic rings. The minimum absolute atomic E-state index is 0.00611. The van der Waals surface area contributed by atoms with Gasteiger partial charge in [0.2, 0.25) is 0 Å². The van der Waals surface area contributed by atoms with Gasteiger partial charge >= 0.3 is 0 Å². The average Bonchev–Trinajstić information content (AvgIpc) is 2.93. The summed E-state index contributed by atoms with van der Waals surface area (Å²) in [4.78, 5) is 30.5. The number of hydrogen-bond acceptors (Lipinski definition) is 10. The van der Waals surface area contributed by atoms with Gasteiger partial charge in [-0.05, 0) is 55.4 Å². The Hall–Kier alpha value is -1.46. The molecule has 0 saturated heterocycles. The highest BCUT2D eigenvalue weighted by atomic mass is 32.3. The van der Waals surface area contributed by atoms with Crippen LogP contribution >= 0.6 is 23.5 Å². The van der Waals surface area contributed by atoms with Crippen molar-refractivity contribution in [2.24, 2.45) is 40.4 Å². The fraction of sp³-hybridized carbons (Fsp3) is 0.842. The molecule has 0 saturated carbocycles. The van der Waals surface area contributed by atoms with Crippen molar-refractivity contribution < 1.29 is 35.9 Å². The second-order valence-corrected chi connectivity index (χ2v) is 26.7. The van der Waals surface area contributed by atoms with Crippen LogP contribution in [0.15, 0.2) is 18.8 Å². The van der Waals surface area contributed by atoms with Crippen LogP contribution in [0.2, 0.25) is 0 Å². The first-order valence-electron chi connectivity index (χ1n) is 18.0. The molecule has 0 radical (unpaired) electrons. The maximum Gasteiger partial charge on any atom is 0.277 e. The second kappa shape index (κ2) is 16.8. The van der Waals surface area contributed by atoms with E-state index in [9.17, 15) is 26.4 Å². The molecule has 0 aliphatic carbocycles. The van der Waals surface area contributed by atoms with E-state index in [1.54, 1.807) is 11.8 Å². The van der Waals surface area contributed by atoms with Gasteiger partial charge in [-0.15, -0.1) is 23.5 Å². The quantitative estimate of drug-likeness (QED) is 0.232. The Morgan fingerprint density at radius 2 is 0.907 bits per heavy atom. The van der Waals surface area contributed by atoms with Gasteiger partial charge in [-0.1, -0.05) is 83.1 Å². The van der Waals surface area contributed by atoms with Gasteiger partial charge in [0, 0.05) is 32.1 Å². The van der Waals surface area contributed by atoms with E-state index in [4.69, 9.17) is 9.47 Å². The molecular formula is C38H68N4O8S4. The Morgan fingerprint density at radius 1 is 0.519 bits per heavy atom. The molecule has 312 valence electrons. The molecule has 0 unspecified atom stereocenters. The molecule has 0 bridgehead atoms. The summed E-state index contributed by atoms with van der Waals surface area (Å²) in [6, 6.07) is 0. The van der Waals surface area contributed by atoms with Gasteiger partial charge < -0.3 is 9.47 Å². The smallest absolute Gasteiger partial charge is 0.277 e. The normalized spacial score (nSPS) is 24.3. The standard InChI is InChI=1S/C10H17NO2.C10H17NOS.C9H17NO3S.C9H17NO2S2/c2*1-9(2,3)8-10(4,5)13-6-7(12)11-8;2*1-8(2,3)7-9(4,5)13-6-14(11,12)10-7/h2*6H2,1-5H3;2*6H2,1-5H3. The predicted octanol–water partition coefficient (Wildman–Crippen LogP) is 8.19. The molecule has 16 heteroatoms. The molecule has 0 atom stereocenters. The third-order valence-electron chi connectivity index (χ3n) is 8.31. The van der Waals surface area contributed by atoms with Crippen molar-refractivity contribution in [3.05, 3.63) is 0 Å². The van der Waals surface area contributed by atoms with E-state index in [0.717, 1.165) is 17.1 Å². The molecule has 4 aliphatic heterocycles. The Morgan fingerprint density at radius 3 is 1.28 bits per heavy atom. The lowest BCUT2D eigenvalue weighted by Gasteiger charge is -2.36. The van der Waals surface area contributed by atoms with Crippen LogP contribution in [-0.2, 0) is 39.1 Å². The van der Waals surface area contributed by atoms with Crippen LogP contribution < -0.4 is 0 Å². The Balaban J connectivity index is 0.000000360. The van der Waals surface area contributed by atoms with Gasteiger partial charge in [-0.3, -0.25) is 9.59 Å². The van der Waals surface area contributed by atoms with Gasteiger partial charge in [-0.2, -0.15) is 8.80 Å². The largest absolute Gasteiger partial charge is 0.360 e. The number of nitrogens with zero attached hydrogens (tertiary/aromatic N) is 4. The lowest BCUT2D eigenvalue weighted by Crippen LogP contribution is -2.47. The number of sulfonamides is 2. The molecule has 4 heterocycles. The number of carbonyl (C=O) groups is 2. The molecule has 54 heavy (non-hydrogen) atoms. The second-order valence-electron chi connectivity index (χ2n) is 19.9. The summed E-state index contributed by atoms with van der Waals surface area (Å²) in [5.74, 6) is 0.0325. The fourth-order valence-corrected chi connectivity index (χ4v) is 12.2. The zero-order valence-electron chi connectivity index (χ0n) is 36.5. The minimum Gasteiger partial charge on any atom is -0.360 e. The lowest BCUT2D eigenvalue weighted by atomic mass is 9.80. The van der Waals surface area contributed by atoms with Gasteiger partial charge in [0.15, 0.2) is 5.94 Å². The van der Waals surface area contributed by atoms with Crippen molar-refractivity contribution in [2.45, 2.75) is 159 Å². The minimum atomic E-state index is -3.42. The van der Waals surface area contributed by atoms with E-state index in [-0.39, 0.29) is 60.6 Å². The van der Waals surface area contributed by atoms with Gasteiger partial charge in [-0.25, -0.2) is 26.8 Å². The molecule has 0 spiro atoms. The van der Waals surface area contributed by atoms with Crippen molar-refractivity contribution in [1.29, 1.82) is 0 Å². The maximum absolute atomic E-state index is 11.4. The molecule has 0 aromatic rings. The first kappa shape index (κ1) is 50.6. The van der Waals surface area contributed by atoms with Crippen molar-refractivity contribution >= 4 is 78.2 Å². The van der Waals surface area contributed by atoms with Crippen LogP contribution in [0.4, 0.5) is 0 Å². The van der Waals surface area contributed by atoms with E-state index < -0.39 is 31.2 Å². The van der Waals surface area contributed by atoms with Crippen molar-refractivity contribution in [3.8, 4) is 0 Å². The first-order chi connectivity index (χ1) is 23.6. The zero-order chi connectivity index (χ0) is 42.9. The van der Waals surface area contributed by atoms with Gasteiger partial charge in [0.25, 0.3) is 31.9 Å². The summed E-state index contributed by atoms with van der Waals surface area (Å²) in [5, 5.41) is 0.0968. The lowest BCUT2D eigenvalue weighted by molar-refractivity contribution is -0.127. The van der Waals surface area contributed by atoms with E-state index in [0.29, 0.717) is 11.5 Å². The van der Waals surface area contributed by atoms with Crippen LogP contribution in [0.5, 0.6) is 0 Å². The molecule has 0 fully saturated rings. The number of amides is 2. The number of ether oxygens (including phenoxy) is 2. The average molecular weight is 837 g/mol. The van der Waals surface area contributed by atoms with E-state index in [2.05, 4.69) is 53.4 Å². The molecular weight excluding hydrogens is 769 g/mol. The Bertz CT molecular complexity index is 1630.